The van der Waals surface area contributed by atoms with Crippen LogP contribution in [0, 0.1) is 5.92 Å². The highest BCUT2D eigenvalue weighted by atomic mass is 35.5. The topological polar surface area (TPSA) is 32.3 Å². The molecule has 0 spiro atoms. The van der Waals surface area contributed by atoms with Crippen LogP contribution in [0.3, 0.4) is 0 Å². The van der Waals surface area contributed by atoms with E-state index in [2.05, 4.69) is 34.5 Å². The van der Waals surface area contributed by atoms with E-state index in [0.717, 1.165) is 38.0 Å². The molecule has 2 unspecified atom stereocenters. The van der Waals surface area contributed by atoms with E-state index in [1.165, 1.54) is 36.8 Å². The Kier molecular flexibility index (Phi) is 7.52. The van der Waals surface area contributed by atoms with Crippen molar-refractivity contribution in [2.24, 2.45) is 5.92 Å². The fraction of sp³-hybridized carbons (Fsp3) is 0.458. The Hall–Kier alpha value is -1.84. The number of likely N-dealkylation sites (tertiary alicyclic amines) is 1. The number of piperidine rings is 1. The summed E-state index contributed by atoms with van der Waals surface area (Å²) in [5, 5.41) is 3.70. The van der Waals surface area contributed by atoms with E-state index in [1.807, 2.05) is 30.3 Å². The molecule has 1 N–H and O–H groups in total. The number of fused-ring (bicyclic) bond motifs is 1. The van der Waals surface area contributed by atoms with E-state index in [4.69, 9.17) is 0 Å². The number of nitrogens with zero attached hydrogens (tertiary/aromatic N) is 1. The minimum atomic E-state index is 0. The second-order valence-electron chi connectivity index (χ2n) is 8.05. The second kappa shape index (κ2) is 10.1. The number of carbonyl (C=O) groups is 1. The maximum atomic E-state index is 12.9. The van der Waals surface area contributed by atoms with Crippen molar-refractivity contribution in [2.45, 2.75) is 44.6 Å². The molecule has 0 bridgehead atoms. The van der Waals surface area contributed by atoms with Gasteiger partial charge in [-0.1, -0.05) is 42.5 Å². The first-order valence-corrected chi connectivity index (χ1v) is 10.4. The van der Waals surface area contributed by atoms with E-state index >= 15 is 0 Å². The van der Waals surface area contributed by atoms with Crippen molar-refractivity contribution >= 4 is 18.3 Å². The van der Waals surface area contributed by atoms with E-state index in [-0.39, 0.29) is 18.3 Å². The van der Waals surface area contributed by atoms with E-state index in [0.29, 0.717) is 12.0 Å². The van der Waals surface area contributed by atoms with E-state index in [1.54, 1.807) is 0 Å². The van der Waals surface area contributed by atoms with Crippen LogP contribution in [0.1, 0.15) is 47.2 Å². The number of rotatable bonds is 5. The summed E-state index contributed by atoms with van der Waals surface area (Å²) in [5.41, 5.74) is 3.86. The van der Waals surface area contributed by atoms with Gasteiger partial charge in [-0.05, 0) is 74.2 Å². The van der Waals surface area contributed by atoms with Crippen LogP contribution in [0.4, 0.5) is 0 Å². The number of amides is 1. The van der Waals surface area contributed by atoms with Crippen molar-refractivity contribution in [2.75, 3.05) is 19.6 Å². The normalized spacial score (nSPS) is 21.5. The third kappa shape index (κ3) is 4.95. The SMILES string of the molecule is Cl.O=C(c1ccccc1)N1CCCCC1CNCC1CCc2ccccc2C1. The molecule has 4 rings (SSSR count). The number of carbonyl (C=O) groups excluding carboxylic acids is 1. The van der Waals surface area contributed by atoms with Gasteiger partial charge in [-0.15, -0.1) is 12.4 Å². The lowest BCUT2D eigenvalue weighted by Crippen LogP contribution is -2.49. The Labute approximate surface area is 174 Å². The first-order chi connectivity index (χ1) is 13.3. The third-order valence-electron chi connectivity index (χ3n) is 6.17. The minimum absolute atomic E-state index is 0. The summed E-state index contributed by atoms with van der Waals surface area (Å²) in [6.07, 6.45) is 7.10. The summed E-state index contributed by atoms with van der Waals surface area (Å²) in [7, 11) is 0. The van der Waals surface area contributed by atoms with Crippen molar-refractivity contribution in [1.29, 1.82) is 0 Å². The summed E-state index contributed by atoms with van der Waals surface area (Å²) in [4.78, 5) is 15.0. The van der Waals surface area contributed by atoms with Crippen molar-refractivity contribution in [3.63, 3.8) is 0 Å². The number of aryl methyl sites for hydroxylation is 1. The van der Waals surface area contributed by atoms with Crippen molar-refractivity contribution in [3.05, 3.63) is 71.3 Å². The number of benzene rings is 2. The molecule has 2 atom stereocenters. The predicted octanol–water partition coefficient (Wildman–Crippen LogP) is 4.50. The summed E-state index contributed by atoms with van der Waals surface area (Å²) in [5.74, 6) is 0.899. The number of hydrogen-bond donors (Lipinski definition) is 1. The maximum Gasteiger partial charge on any atom is 0.254 e. The quantitative estimate of drug-likeness (QED) is 0.804. The molecule has 2 aromatic rings. The highest BCUT2D eigenvalue weighted by molar-refractivity contribution is 5.94. The zero-order valence-corrected chi connectivity index (χ0v) is 17.3. The Morgan fingerprint density at radius 2 is 1.68 bits per heavy atom. The Morgan fingerprint density at radius 3 is 2.50 bits per heavy atom. The molecular weight excluding hydrogens is 368 g/mol. The van der Waals surface area contributed by atoms with E-state index < -0.39 is 0 Å². The van der Waals surface area contributed by atoms with Crippen LogP contribution in [0.15, 0.2) is 54.6 Å². The van der Waals surface area contributed by atoms with Crippen LogP contribution in [0.25, 0.3) is 0 Å². The first-order valence-electron chi connectivity index (χ1n) is 10.4. The molecule has 1 aliphatic heterocycles. The summed E-state index contributed by atoms with van der Waals surface area (Å²) in [6, 6.07) is 18.9. The van der Waals surface area contributed by atoms with Gasteiger partial charge in [-0.3, -0.25) is 4.79 Å². The molecule has 1 amide bonds. The van der Waals surface area contributed by atoms with Crippen LogP contribution in [-0.4, -0.2) is 36.5 Å². The molecule has 4 heteroatoms. The molecule has 2 aliphatic rings. The lowest BCUT2D eigenvalue weighted by molar-refractivity contribution is 0.0611. The van der Waals surface area contributed by atoms with Gasteiger partial charge in [0.15, 0.2) is 0 Å². The Morgan fingerprint density at radius 1 is 0.929 bits per heavy atom. The average Bonchev–Trinajstić information content (AvgIpc) is 2.74. The molecule has 2 aromatic carbocycles. The number of hydrogen-bond acceptors (Lipinski definition) is 2. The zero-order valence-electron chi connectivity index (χ0n) is 16.5. The monoisotopic (exact) mass is 398 g/mol. The lowest BCUT2D eigenvalue weighted by Gasteiger charge is -2.36. The molecule has 1 fully saturated rings. The molecule has 1 saturated heterocycles. The summed E-state index contributed by atoms with van der Waals surface area (Å²) >= 11 is 0. The number of halogens is 1. The molecule has 0 radical (unpaired) electrons. The van der Waals surface area contributed by atoms with Crippen molar-refractivity contribution in [3.8, 4) is 0 Å². The van der Waals surface area contributed by atoms with Gasteiger partial charge in [0.25, 0.3) is 5.91 Å². The fourth-order valence-electron chi connectivity index (χ4n) is 4.63. The van der Waals surface area contributed by atoms with Gasteiger partial charge in [0.2, 0.25) is 0 Å². The van der Waals surface area contributed by atoms with Gasteiger partial charge in [0.05, 0.1) is 0 Å². The molecule has 0 aromatic heterocycles. The summed E-state index contributed by atoms with van der Waals surface area (Å²) in [6.45, 7) is 2.85. The second-order valence-corrected chi connectivity index (χ2v) is 8.05. The van der Waals surface area contributed by atoms with Gasteiger partial charge in [-0.2, -0.15) is 0 Å². The molecule has 0 saturated carbocycles. The zero-order chi connectivity index (χ0) is 18.5. The van der Waals surface area contributed by atoms with Crippen molar-refractivity contribution < 1.29 is 4.79 Å². The fourth-order valence-corrected chi connectivity index (χ4v) is 4.63. The van der Waals surface area contributed by atoms with Gasteiger partial charge in [0.1, 0.15) is 0 Å². The highest BCUT2D eigenvalue weighted by Gasteiger charge is 2.27. The van der Waals surface area contributed by atoms with Crippen LogP contribution in [0.2, 0.25) is 0 Å². The summed E-state index contributed by atoms with van der Waals surface area (Å²) < 4.78 is 0. The molecule has 1 heterocycles. The van der Waals surface area contributed by atoms with Crippen LogP contribution in [-0.2, 0) is 12.8 Å². The van der Waals surface area contributed by atoms with Gasteiger partial charge < -0.3 is 10.2 Å². The minimum Gasteiger partial charge on any atom is -0.334 e. The Bertz CT molecular complexity index is 764. The molecule has 28 heavy (non-hydrogen) atoms. The largest absolute Gasteiger partial charge is 0.334 e. The van der Waals surface area contributed by atoms with Gasteiger partial charge in [0, 0.05) is 24.7 Å². The first kappa shape index (κ1) is 20.9. The smallest absolute Gasteiger partial charge is 0.254 e. The predicted molar refractivity (Wildman–Crippen MR) is 117 cm³/mol. The number of nitrogens with one attached hydrogen (secondary N) is 1. The average molecular weight is 399 g/mol. The maximum absolute atomic E-state index is 12.9. The third-order valence-corrected chi connectivity index (χ3v) is 6.17. The van der Waals surface area contributed by atoms with Crippen LogP contribution < -0.4 is 5.32 Å². The molecule has 150 valence electrons. The lowest BCUT2D eigenvalue weighted by atomic mass is 9.84. The highest BCUT2D eigenvalue weighted by Crippen LogP contribution is 2.25. The molecule has 1 aliphatic carbocycles. The molecule has 3 nitrogen and oxygen atoms in total. The Balaban J connectivity index is 0.00000225. The van der Waals surface area contributed by atoms with Gasteiger partial charge >= 0.3 is 0 Å². The van der Waals surface area contributed by atoms with Crippen molar-refractivity contribution in [1.82, 2.24) is 10.2 Å². The van der Waals surface area contributed by atoms with Crippen LogP contribution >= 0.6 is 12.4 Å². The standard InChI is InChI=1S/C24H30N2O.ClH/c27-24(21-9-2-1-3-10-21)26-15-7-6-12-23(26)18-25-17-19-13-14-20-8-4-5-11-22(20)16-19;/h1-5,8-11,19,23,25H,6-7,12-18H2;1H. The van der Waals surface area contributed by atoms with Crippen LogP contribution in [0.5, 0.6) is 0 Å². The van der Waals surface area contributed by atoms with E-state index in [9.17, 15) is 4.79 Å². The molecular formula is C24H31ClN2O. The van der Waals surface area contributed by atoms with Gasteiger partial charge in [-0.25, -0.2) is 0 Å².